The minimum Gasteiger partial charge on any atom is -0.478 e. The van der Waals surface area contributed by atoms with Crippen LogP contribution in [-0.2, 0) is 9.59 Å². The molecule has 2 aromatic carbocycles. The highest BCUT2D eigenvalue weighted by molar-refractivity contribution is 6.30. The van der Waals surface area contributed by atoms with Gasteiger partial charge in [0, 0.05) is 35.2 Å². The predicted molar refractivity (Wildman–Crippen MR) is 110 cm³/mol. The fraction of sp³-hybridized carbons (Fsp3) is 0.273. The van der Waals surface area contributed by atoms with Gasteiger partial charge in [-0.15, -0.1) is 0 Å². The Morgan fingerprint density at radius 2 is 1.69 bits per heavy atom. The number of hydrogen-bond donors (Lipinski definition) is 2. The number of para-hydroxylation sites is 1. The van der Waals surface area contributed by atoms with Crippen molar-refractivity contribution in [2.75, 3.05) is 20.1 Å². The summed E-state index contributed by atoms with van der Waals surface area (Å²) < 4.78 is 6.21. The monoisotopic (exact) mass is 415 g/mol. The Hall–Kier alpha value is -2.83. The van der Waals surface area contributed by atoms with E-state index in [2.05, 4.69) is 36.2 Å². The van der Waals surface area contributed by atoms with Crippen LogP contribution in [0, 0.1) is 0 Å². The number of benzene rings is 2. The summed E-state index contributed by atoms with van der Waals surface area (Å²) in [5.41, 5.74) is 2.58. The highest BCUT2D eigenvalue weighted by Gasteiger charge is 2.36. The molecule has 1 saturated heterocycles. The molecular weight excluding hydrogens is 394 g/mol. The average molecular weight is 416 g/mol. The van der Waals surface area contributed by atoms with Gasteiger partial charge in [-0.05, 0) is 55.8 Å². The molecule has 1 fully saturated rings. The van der Waals surface area contributed by atoms with Crippen molar-refractivity contribution < 1.29 is 24.5 Å². The second kappa shape index (κ2) is 9.11. The Bertz CT molecular complexity index is 927. The van der Waals surface area contributed by atoms with Crippen LogP contribution in [0.5, 0.6) is 11.5 Å². The van der Waals surface area contributed by atoms with Crippen molar-refractivity contribution in [3.05, 3.63) is 70.8 Å². The molecule has 0 saturated carbocycles. The normalized spacial score (nSPS) is 20.2. The number of carbonyl (C=O) groups is 2. The Morgan fingerprint density at radius 3 is 2.38 bits per heavy atom. The van der Waals surface area contributed by atoms with Gasteiger partial charge in [-0.2, -0.15) is 0 Å². The van der Waals surface area contributed by atoms with Crippen LogP contribution in [0.2, 0.25) is 5.02 Å². The molecule has 2 N–H and O–H groups in total. The molecule has 2 atom stereocenters. The third-order valence-electron chi connectivity index (χ3n) is 5.09. The minimum atomic E-state index is -1.26. The number of likely N-dealkylation sites (tertiary alicyclic amines) is 1. The van der Waals surface area contributed by atoms with Gasteiger partial charge >= 0.3 is 11.9 Å². The van der Waals surface area contributed by atoms with Crippen LogP contribution in [0.4, 0.5) is 0 Å². The van der Waals surface area contributed by atoms with E-state index in [1.807, 2.05) is 18.2 Å². The molecule has 0 amide bonds. The smallest absolute Gasteiger partial charge is 0.328 e. The van der Waals surface area contributed by atoms with E-state index in [0.717, 1.165) is 36.0 Å². The number of piperidine rings is 1. The first kappa shape index (κ1) is 20.9. The highest BCUT2D eigenvalue weighted by Crippen LogP contribution is 2.49. The maximum atomic E-state index is 9.55. The van der Waals surface area contributed by atoms with Crippen LogP contribution < -0.4 is 4.74 Å². The molecular formula is C22H22ClNO5. The minimum absolute atomic E-state index is 0.445. The number of likely N-dealkylation sites (N-methyl/N-ethyl adjacent to an activating group) is 1. The molecule has 2 aliphatic heterocycles. The molecule has 2 aromatic rings. The summed E-state index contributed by atoms with van der Waals surface area (Å²) in [6.45, 7) is 2.18. The van der Waals surface area contributed by atoms with Crippen molar-refractivity contribution >= 4 is 23.5 Å². The first-order valence-corrected chi connectivity index (χ1v) is 9.61. The molecule has 29 heavy (non-hydrogen) atoms. The molecule has 0 aromatic heterocycles. The van der Waals surface area contributed by atoms with Crippen LogP contribution >= 0.6 is 11.6 Å². The lowest BCUT2D eigenvalue weighted by molar-refractivity contribution is -0.134. The maximum Gasteiger partial charge on any atom is 0.328 e. The average Bonchev–Trinajstić information content (AvgIpc) is 2.81. The second-order valence-electron chi connectivity index (χ2n) is 7.10. The number of hydrogen-bond acceptors (Lipinski definition) is 4. The summed E-state index contributed by atoms with van der Waals surface area (Å²) in [6, 6.07) is 14.4. The first-order valence-electron chi connectivity index (χ1n) is 9.24. The number of nitrogens with zero attached hydrogens (tertiary/aromatic N) is 1. The molecule has 6 nitrogen and oxygen atoms in total. The number of rotatable bonds is 2. The lowest BCUT2D eigenvalue weighted by atomic mass is 9.77. The van der Waals surface area contributed by atoms with Crippen LogP contribution in [-0.4, -0.2) is 47.2 Å². The molecule has 152 valence electrons. The number of ether oxygens (including phenoxy) is 1. The van der Waals surface area contributed by atoms with Crippen LogP contribution in [0.1, 0.15) is 29.4 Å². The molecule has 0 aliphatic carbocycles. The molecule has 0 unspecified atom stereocenters. The summed E-state index contributed by atoms with van der Waals surface area (Å²) in [4.78, 5) is 21.5. The van der Waals surface area contributed by atoms with Gasteiger partial charge in [0.1, 0.15) is 11.5 Å². The second-order valence-corrected chi connectivity index (χ2v) is 7.53. The number of carboxylic acids is 2. The number of fused-ring (bicyclic) bond motifs is 5. The molecule has 2 heterocycles. The molecule has 0 bridgehead atoms. The van der Waals surface area contributed by atoms with Crippen LogP contribution in [0.15, 0.2) is 54.6 Å². The summed E-state index contributed by atoms with van der Waals surface area (Å²) in [5, 5.41) is 16.4. The van der Waals surface area contributed by atoms with Crippen molar-refractivity contribution in [2.24, 2.45) is 0 Å². The third kappa shape index (κ3) is 5.16. The van der Waals surface area contributed by atoms with E-state index < -0.39 is 11.9 Å². The standard InChI is InChI=1S/C18H18ClNO.C4H4O4/c1-20-9-8-13-14-4-2-3-5-17(14)21-18-7-6-12(19)10-15(18)16(13)11-20;5-3(6)1-2-4(7)8/h2-7,10,13,16H,8-9,11H2,1H3;1-2H,(H,5,6)(H,7,8)/b;2-1-/t13-,16-;/m0./s1. The maximum absolute atomic E-state index is 9.55. The Balaban J connectivity index is 0.000000258. The van der Waals surface area contributed by atoms with E-state index in [1.165, 1.54) is 11.1 Å². The van der Waals surface area contributed by atoms with Crippen molar-refractivity contribution in [3.63, 3.8) is 0 Å². The summed E-state index contributed by atoms with van der Waals surface area (Å²) in [5.74, 6) is 0.394. The quantitative estimate of drug-likeness (QED) is 0.708. The van der Waals surface area contributed by atoms with Gasteiger partial charge in [-0.25, -0.2) is 9.59 Å². The fourth-order valence-electron chi connectivity index (χ4n) is 3.85. The molecule has 0 spiro atoms. The van der Waals surface area contributed by atoms with E-state index in [0.29, 0.717) is 24.0 Å². The van der Waals surface area contributed by atoms with E-state index in [-0.39, 0.29) is 0 Å². The Morgan fingerprint density at radius 1 is 1.03 bits per heavy atom. The van der Waals surface area contributed by atoms with E-state index >= 15 is 0 Å². The van der Waals surface area contributed by atoms with Gasteiger partial charge in [0.25, 0.3) is 0 Å². The topological polar surface area (TPSA) is 87.1 Å². The van der Waals surface area contributed by atoms with E-state index in [4.69, 9.17) is 26.6 Å². The van der Waals surface area contributed by atoms with Crippen molar-refractivity contribution in [1.82, 2.24) is 4.90 Å². The first-order chi connectivity index (χ1) is 13.8. The summed E-state index contributed by atoms with van der Waals surface area (Å²) >= 11 is 6.24. The largest absolute Gasteiger partial charge is 0.478 e. The zero-order valence-corrected chi connectivity index (χ0v) is 16.7. The van der Waals surface area contributed by atoms with Gasteiger partial charge in [0.15, 0.2) is 0 Å². The zero-order chi connectivity index (χ0) is 21.0. The lowest BCUT2D eigenvalue weighted by Gasteiger charge is -2.36. The van der Waals surface area contributed by atoms with E-state index in [9.17, 15) is 9.59 Å². The molecule has 0 radical (unpaired) electrons. The van der Waals surface area contributed by atoms with E-state index in [1.54, 1.807) is 0 Å². The zero-order valence-electron chi connectivity index (χ0n) is 15.9. The number of aliphatic carboxylic acids is 2. The Kier molecular flexibility index (Phi) is 6.56. The molecule has 4 rings (SSSR count). The fourth-order valence-corrected chi connectivity index (χ4v) is 4.03. The van der Waals surface area contributed by atoms with Crippen molar-refractivity contribution in [2.45, 2.75) is 18.3 Å². The van der Waals surface area contributed by atoms with Gasteiger partial charge in [-0.3, -0.25) is 0 Å². The SMILES string of the molecule is CN1CC[C@H]2c3ccccc3Oc3ccc(Cl)cc3[C@H]2C1.O=C(O)/C=C\C(=O)O. The molecule has 2 aliphatic rings. The van der Waals surface area contributed by atoms with Gasteiger partial charge in [-0.1, -0.05) is 29.8 Å². The predicted octanol–water partition coefficient (Wildman–Crippen LogP) is 4.36. The van der Waals surface area contributed by atoms with Crippen LogP contribution in [0.25, 0.3) is 0 Å². The molecule has 7 heteroatoms. The highest BCUT2D eigenvalue weighted by atomic mass is 35.5. The van der Waals surface area contributed by atoms with Gasteiger partial charge in [0.05, 0.1) is 0 Å². The van der Waals surface area contributed by atoms with Gasteiger partial charge in [0.2, 0.25) is 0 Å². The van der Waals surface area contributed by atoms with Gasteiger partial charge < -0.3 is 19.8 Å². The lowest BCUT2D eigenvalue weighted by Crippen LogP contribution is -2.35. The third-order valence-corrected chi connectivity index (χ3v) is 5.33. The van der Waals surface area contributed by atoms with Crippen molar-refractivity contribution in [3.8, 4) is 11.5 Å². The van der Waals surface area contributed by atoms with Crippen molar-refractivity contribution in [1.29, 1.82) is 0 Å². The van der Waals surface area contributed by atoms with Crippen LogP contribution in [0.3, 0.4) is 0 Å². The summed E-state index contributed by atoms with van der Waals surface area (Å²) in [7, 11) is 2.19. The summed E-state index contributed by atoms with van der Waals surface area (Å²) in [6.07, 6.45) is 2.28. The number of carboxylic acid groups (broad SMARTS) is 2. The Labute approximate surface area is 174 Å². The number of halogens is 1.